The van der Waals surface area contributed by atoms with Gasteiger partial charge >= 0.3 is 6.03 Å². The van der Waals surface area contributed by atoms with Crippen LogP contribution in [0, 0.1) is 0 Å². The second kappa shape index (κ2) is 2.90. The monoisotopic (exact) mass is 156 g/mol. The van der Waals surface area contributed by atoms with Gasteiger partial charge in [-0.2, -0.15) is 0 Å². The van der Waals surface area contributed by atoms with E-state index in [4.69, 9.17) is 0 Å². The summed E-state index contributed by atoms with van der Waals surface area (Å²) in [5.74, 6) is -0.191. The molecule has 1 atom stereocenters. The predicted molar refractivity (Wildman–Crippen MR) is 40.0 cm³/mol. The number of carbonyl (C=O) groups is 2. The lowest BCUT2D eigenvalue weighted by Crippen LogP contribution is -2.33. The second-order valence-corrected chi connectivity index (χ2v) is 2.66. The van der Waals surface area contributed by atoms with Crippen molar-refractivity contribution < 1.29 is 9.59 Å². The summed E-state index contributed by atoms with van der Waals surface area (Å²) in [5, 5.41) is 2.25. The quantitative estimate of drug-likeness (QED) is 0.586. The van der Waals surface area contributed by atoms with Crippen molar-refractivity contribution in [2.24, 2.45) is 0 Å². The zero-order valence-electron chi connectivity index (χ0n) is 6.76. The molecule has 1 aliphatic rings. The van der Waals surface area contributed by atoms with Crippen molar-refractivity contribution in [2.75, 3.05) is 6.54 Å². The maximum absolute atomic E-state index is 11.0. The van der Waals surface area contributed by atoms with Crippen molar-refractivity contribution in [3.63, 3.8) is 0 Å². The Bertz CT molecular complexity index is 191. The van der Waals surface area contributed by atoms with Crippen LogP contribution in [0.2, 0.25) is 0 Å². The van der Waals surface area contributed by atoms with Gasteiger partial charge in [0, 0.05) is 6.54 Å². The zero-order valence-corrected chi connectivity index (χ0v) is 6.76. The number of hydrogen-bond donors (Lipinski definition) is 1. The Labute approximate surface area is 65.6 Å². The maximum atomic E-state index is 11.0. The Hall–Kier alpha value is -1.06. The van der Waals surface area contributed by atoms with Crippen LogP contribution in [0.3, 0.4) is 0 Å². The highest BCUT2D eigenvalue weighted by Gasteiger charge is 2.33. The van der Waals surface area contributed by atoms with E-state index in [-0.39, 0.29) is 18.0 Å². The molecule has 0 spiro atoms. The molecule has 1 saturated heterocycles. The molecular weight excluding hydrogens is 144 g/mol. The van der Waals surface area contributed by atoms with Crippen LogP contribution >= 0.6 is 0 Å². The first-order valence-electron chi connectivity index (χ1n) is 3.78. The molecule has 1 aliphatic heterocycles. The largest absolute Gasteiger partial charge is 0.324 e. The first kappa shape index (κ1) is 8.04. The van der Waals surface area contributed by atoms with Crippen LogP contribution in [-0.4, -0.2) is 29.4 Å². The molecule has 1 N–H and O–H groups in total. The highest BCUT2D eigenvalue weighted by atomic mass is 16.2. The van der Waals surface area contributed by atoms with Gasteiger partial charge in [0.2, 0.25) is 0 Å². The number of imide groups is 1. The summed E-state index contributed by atoms with van der Waals surface area (Å²) in [7, 11) is 0. The van der Waals surface area contributed by atoms with Crippen LogP contribution in [0.5, 0.6) is 0 Å². The fourth-order valence-electron chi connectivity index (χ4n) is 1.14. The summed E-state index contributed by atoms with van der Waals surface area (Å²) in [5.41, 5.74) is 0. The minimum Gasteiger partial charge on any atom is -0.313 e. The molecule has 0 radical (unpaired) electrons. The highest BCUT2D eigenvalue weighted by Crippen LogP contribution is 2.07. The van der Waals surface area contributed by atoms with E-state index in [2.05, 4.69) is 5.32 Å². The van der Waals surface area contributed by atoms with Crippen molar-refractivity contribution in [1.29, 1.82) is 0 Å². The van der Waals surface area contributed by atoms with Gasteiger partial charge in [0.25, 0.3) is 5.91 Å². The Kier molecular flexibility index (Phi) is 2.12. The van der Waals surface area contributed by atoms with Crippen molar-refractivity contribution in [1.82, 2.24) is 10.2 Å². The van der Waals surface area contributed by atoms with Crippen LogP contribution in [0.15, 0.2) is 0 Å². The molecule has 1 unspecified atom stereocenters. The van der Waals surface area contributed by atoms with E-state index >= 15 is 0 Å². The molecule has 62 valence electrons. The fourth-order valence-corrected chi connectivity index (χ4v) is 1.14. The third-order valence-electron chi connectivity index (χ3n) is 1.80. The lowest BCUT2D eigenvalue weighted by atomic mass is 10.3. The SMILES string of the molecule is CCCN1C(=O)NC(=O)C1C. The standard InChI is InChI=1S/C7H12N2O2/c1-3-4-9-5(2)6(10)8-7(9)11/h5H,3-4H2,1-2H3,(H,8,10,11). The normalized spacial score (nSPS) is 24.2. The molecular formula is C7H12N2O2. The second-order valence-electron chi connectivity index (χ2n) is 2.66. The van der Waals surface area contributed by atoms with Crippen molar-refractivity contribution >= 4 is 11.9 Å². The summed E-state index contributed by atoms with van der Waals surface area (Å²) in [6.07, 6.45) is 0.880. The fraction of sp³-hybridized carbons (Fsp3) is 0.714. The summed E-state index contributed by atoms with van der Waals surface area (Å²) in [6.45, 7) is 4.36. The molecule has 0 aliphatic carbocycles. The minimum atomic E-state index is -0.289. The van der Waals surface area contributed by atoms with Gasteiger partial charge in [-0.25, -0.2) is 4.79 Å². The van der Waals surface area contributed by atoms with Crippen molar-refractivity contribution in [2.45, 2.75) is 26.3 Å². The van der Waals surface area contributed by atoms with E-state index in [1.165, 1.54) is 0 Å². The Morgan fingerprint density at radius 1 is 1.55 bits per heavy atom. The van der Waals surface area contributed by atoms with Gasteiger partial charge in [-0.1, -0.05) is 6.92 Å². The number of nitrogens with zero attached hydrogens (tertiary/aromatic N) is 1. The summed E-state index contributed by atoms with van der Waals surface area (Å²) >= 11 is 0. The van der Waals surface area contributed by atoms with Gasteiger partial charge in [0.05, 0.1) is 0 Å². The molecule has 1 rings (SSSR count). The van der Waals surface area contributed by atoms with E-state index in [9.17, 15) is 9.59 Å². The van der Waals surface area contributed by atoms with Gasteiger partial charge < -0.3 is 4.90 Å². The molecule has 4 nitrogen and oxygen atoms in total. The molecule has 4 heteroatoms. The molecule has 11 heavy (non-hydrogen) atoms. The molecule has 3 amide bonds. The molecule has 1 heterocycles. The lowest BCUT2D eigenvalue weighted by molar-refractivity contribution is -0.121. The van der Waals surface area contributed by atoms with Gasteiger partial charge in [-0.15, -0.1) is 0 Å². The zero-order chi connectivity index (χ0) is 8.43. The minimum absolute atomic E-state index is 0.191. The van der Waals surface area contributed by atoms with Gasteiger partial charge in [0.15, 0.2) is 0 Å². The highest BCUT2D eigenvalue weighted by molar-refractivity contribution is 6.03. The summed E-state index contributed by atoms with van der Waals surface area (Å²) in [6, 6.07) is -0.549. The van der Waals surface area contributed by atoms with Gasteiger partial charge in [0.1, 0.15) is 6.04 Å². The third kappa shape index (κ3) is 1.34. The molecule has 0 aromatic rings. The topological polar surface area (TPSA) is 49.4 Å². The first-order valence-corrected chi connectivity index (χ1v) is 3.78. The molecule has 1 fully saturated rings. The van der Waals surface area contributed by atoms with Crippen molar-refractivity contribution in [3.8, 4) is 0 Å². The smallest absolute Gasteiger partial charge is 0.313 e. The van der Waals surface area contributed by atoms with Gasteiger partial charge in [-0.3, -0.25) is 10.1 Å². The Morgan fingerprint density at radius 3 is 2.55 bits per heavy atom. The van der Waals surface area contributed by atoms with Crippen LogP contribution in [-0.2, 0) is 4.79 Å². The number of carbonyl (C=O) groups excluding carboxylic acids is 2. The van der Waals surface area contributed by atoms with Crippen LogP contribution in [0.25, 0.3) is 0 Å². The average Bonchev–Trinajstić information content (AvgIpc) is 2.17. The number of hydrogen-bond acceptors (Lipinski definition) is 2. The lowest BCUT2D eigenvalue weighted by Gasteiger charge is -2.16. The van der Waals surface area contributed by atoms with E-state index in [1.807, 2.05) is 6.92 Å². The molecule has 0 aromatic carbocycles. The number of nitrogens with one attached hydrogen (secondary N) is 1. The van der Waals surface area contributed by atoms with Crippen LogP contribution < -0.4 is 5.32 Å². The molecule has 0 aromatic heterocycles. The Balaban J connectivity index is 2.63. The van der Waals surface area contributed by atoms with E-state index in [1.54, 1.807) is 11.8 Å². The van der Waals surface area contributed by atoms with E-state index in [0.29, 0.717) is 6.54 Å². The number of amides is 3. The van der Waals surface area contributed by atoms with E-state index in [0.717, 1.165) is 6.42 Å². The first-order chi connectivity index (χ1) is 5.16. The average molecular weight is 156 g/mol. The third-order valence-corrected chi connectivity index (χ3v) is 1.80. The summed E-state index contributed by atoms with van der Waals surface area (Å²) in [4.78, 5) is 23.4. The van der Waals surface area contributed by atoms with Gasteiger partial charge in [-0.05, 0) is 13.3 Å². The molecule has 0 saturated carbocycles. The predicted octanol–water partition coefficient (Wildman–Crippen LogP) is 0.337. The summed E-state index contributed by atoms with van der Waals surface area (Å²) < 4.78 is 0. The van der Waals surface area contributed by atoms with Crippen LogP contribution in [0.1, 0.15) is 20.3 Å². The van der Waals surface area contributed by atoms with Crippen molar-refractivity contribution in [3.05, 3.63) is 0 Å². The number of rotatable bonds is 2. The maximum Gasteiger partial charge on any atom is 0.324 e. The van der Waals surface area contributed by atoms with Crippen LogP contribution in [0.4, 0.5) is 4.79 Å². The molecule has 0 bridgehead atoms. The van der Waals surface area contributed by atoms with E-state index < -0.39 is 0 Å². The number of urea groups is 1. The Morgan fingerprint density at radius 2 is 2.18 bits per heavy atom.